The van der Waals surface area contributed by atoms with Gasteiger partial charge in [-0.1, -0.05) is 42.5 Å². The number of amides is 1. The Labute approximate surface area is 123 Å². The molecule has 21 heavy (non-hydrogen) atoms. The Hall–Kier alpha value is -2.62. The van der Waals surface area contributed by atoms with E-state index >= 15 is 0 Å². The first-order chi connectivity index (χ1) is 10.1. The standard InChI is InChI=1S/C17H17NO3/c1-12(19)18-15-10-8-14(9-11-15)16(17(20)21-2)13-6-4-3-5-7-13/h3-11,16H,1-2H3,(H,18,19). The number of nitrogens with one attached hydrogen (secondary N) is 1. The first-order valence-electron chi connectivity index (χ1n) is 6.62. The van der Waals surface area contributed by atoms with Gasteiger partial charge < -0.3 is 10.1 Å². The van der Waals surface area contributed by atoms with Crippen LogP contribution in [-0.4, -0.2) is 19.0 Å². The molecule has 1 amide bonds. The predicted molar refractivity (Wildman–Crippen MR) is 81.0 cm³/mol. The summed E-state index contributed by atoms with van der Waals surface area (Å²) in [6, 6.07) is 16.6. The molecule has 0 spiro atoms. The van der Waals surface area contributed by atoms with Gasteiger partial charge in [-0.25, -0.2) is 0 Å². The average Bonchev–Trinajstić information content (AvgIpc) is 2.49. The van der Waals surface area contributed by atoms with Crippen LogP contribution in [0.15, 0.2) is 54.6 Å². The van der Waals surface area contributed by atoms with Gasteiger partial charge in [0.2, 0.25) is 5.91 Å². The third-order valence-electron chi connectivity index (χ3n) is 3.13. The molecule has 0 aromatic heterocycles. The second-order valence-electron chi connectivity index (χ2n) is 4.67. The summed E-state index contributed by atoms with van der Waals surface area (Å²) in [5.74, 6) is -0.911. The maximum absolute atomic E-state index is 12.1. The van der Waals surface area contributed by atoms with Crippen molar-refractivity contribution in [1.82, 2.24) is 0 Å². The summed E-state index contributed by atoms with van der Waals surface area (Å²) in [5.41, 5.74) is 2.39. The molecule has 1 unspecified atom stereocenters. The van der Waals surface area contributed by atoms with Gasteiger partial charge in [-0.3, -0.25) is 9.59 Å². The molecule has 0 saturated carbocycles. The van der Waals surface area contributed by atoms with E-state index in [1.807, 2.05) is 42.5 Å². The summed E-state index contributed by atoms with van der Waals surface area (Å²) in [6.07, 6.45) is 0. The van der Waals surface area contributed by atoms with Crippen LogP contribution >= 0.6 is 0 Å². The number of anilines is 1. The van der Waals surface area contributed by atoms with E-state index in [2.05, 4.69) is 5.32 Å². The number of benzene rings is 2. The Kier molecular flexibility index (Phi) is 4.72. The van der Waals surface area contributed by atoms with Crippen molar-refractivity contribution in [3.8, 4) is 0 Å². The SMILES string of the molecule is COC(=O)C(c1ccccc1)c1ccc(NC(C)=O)cc1. The van der Waals surface area contributed by atoms with Gasteiger partial charge in [0.15, 0.2) is 0 Å². The molecule has 0 bridgehead atoms. The lowest BCUT2D eigenvalue weighted by Crippen LogP contribution is -2.15. The number of carbonyl (C=O) groups excluding carboxylic acids is 2. The number of carbonyl (C=O) groups is 2. The highest BCUT2D eigenvalue weighted by Gasteiger charge is 2.23. The van der Waals surface area contributed by atoms with Crippen molar-refractivity contribution in [2.75, 3.05) is 12.4 Å². The van der Waals surface area contributed by atoms with Crippen LogP contribution in [0, 0.1) is 0 Å². The van der Waals surface area contributed by atoms with Gasteiger partial charge >= 0.3 is 5.97 Å². The van der Waals surface area contributed by atoms with Crippen LogP contribution in [0.5, 0.6) is 0 Å². The lowest BCUT2D eigenvalue weighted by Gasteiger charge is -2.16. The lowest BCUT2D eigenvalue weighted by atomic mass is 9.91. The van der Waals surface area contributed by atoms with Crippen LogP contribution in [0.2, 0.25) is 0 Å². The van der Waals surface area contributed by atoms with E-state index in [1.54, 1.807) is 12.1 Å². The fourth-order valence-corrected chi connectivity index (χ4v) is 2.19. The second-order valence-corrected chi connectivity index (χ2v) is 4.67. The molecule has 2 aromatic rings. The van der Waals surface area contributed by atoms with Crippen molar-refractivity contribution in [2.45, 2.75) is 12.8 Å². The van der Waals surface area contributed by atoms with Crippen LogP contribution < -0.4 is 5.32 Å². The van der Waals surface area contributed by atoms with Crippen LogP contribution in [0.1, 0.15) is 24.0 Å². The monoisotopic (exact) mass is 283 g/mol. The molecule has 0 aliphatic rings. The Morgan fingerprint density at radius 3 is 2.05 bits per heavy atom. The van der Waals surface area contributed by atoms with Gasteiger partial charge in [-0.2, -0.15) is 0 Å². The van der Waals surface area contributed by atoms with Gasteiger partial charge in [0.25, 0.3) is 0 Å². The van der Waals surface area contributed by atoms with Gasteiger partial charge in [-0.05, 0) is 23.3 Å². The molecule has 4 heteroatoms. The summed E-state index contributed by atoms with van der Waals surface area (Å²) in [6.45, 7) is 1.45. The normalized spacial score (nSPS) is 11.5. The van der Waals surface area contributed by atoms with E-state index in [0.29, 0.717) is 5.69 Å². The van der Waals surface area contributed by atoms with Crippen LogP contribution in [0.4, 0.5) is 5.69 Å². The molecule has 2 aromatic carbocycles. The first-order valence-corrected chi connectivity index (χ1v) is 6.62. The summed E-state index contributed by atoms with van der Waals surface area (Å²) >= 11 is 0. The summed E-state index contributed by atoms with van der Waals surface area (Å²) in [7, 11) is 1.38. The van der Waals surface area contributed by atoms with Crippen LogP contribution in [0.25, 0.3) is 0 Å². The van der Waals surface area contributed by atoms with Crippen molar-refractivity contribution < 1.29 is 14.3 Å². The van der Waals surface area contributed by atoms with Gasteiger partial charge in [-0.15, -0.1) is 0 Å². The molecule has 108 valence electrons. The summed E-state index contributed by atoms with van der Waals surface area (Å²) < 4.78 is 4.91. The zero-order chi connectivity index (χ0) is 15.2. The molecule has 0 aliphatic carbocycles. The average molecular weight is 283 g/mol. The number of esters is 1. The molecule has 1 N–H and O–H groups in total. The van der Waals surface area contributed by atoms with Crippen molar-refractivity contribution in [3.05, 3.63) is 65.7 Å². The molecule has 0 fully saturated rings. The van der Waals surface area contributed by atoms with Crippen molar-refractivity contribution in [3.63, 3.8) is 0 Å². The van der Waals surface area contributed by atoms with E-state index in [1.165, 1.54) is 14.0 Å². The van der Waals surface area contributed by atoms with Crippen molar-refractivity contribution in [1.29, 1.82) is 0 Å². The molecule has 1 atom stereocenters. The highest BCUT2D eigenvalue weighted by molar-refractivity contribution is 5.89. The second kappa shape index (κ2) is 6.70. The molecular formula is C17H17NO3. The number of ether oxygens (including phenoxy) is 1. The fourth-order valence-electron chi connectivity index (χ4n) is 2.19. The van der Waals surface area contributed by atoms with Gasteiger partial charge in [0.05, 0.1) is 7.11 Å². The van der Waals surface area contributed by atoms with Gasteiger partial charge in [0.1, 0.15) is 5.92 Å². The van der Waals surface area contributed by atoms with Crippen molar-refractivity contribution >= 4 is 17.6 Å². The molecule has 2 rings (SSSR count). The lowest BCUT2D eigenvalue weighted by molar-refractivity contribution is -0.141. The quantitative estimate of drug-likeness (QED) is 0.878. The number of methoxy groups -OCH3 is 1. The smallest absolute Gasteiger partial charge is 0.317 e. The Balaban J connectivity index is 2.33. The first kappa shape index (κ1) is 14.8. The number of hydrogen-bond donors (Lipinski definition) is 1. The third-order valence-corrected chi connectivity index (χ3v) is 3.13. The minimum Gasteiger partial charge on any atom is -0.468 e. The third kappa shape index (κ3) is 3.69. The van der Waals surface area contributed by atoms with E-state index < -0.39 is 5.92 Å². The predicted octanol–water partition coefficient (Wildman–Crippen LogP) is 2.95. The molecule has 0 heterocycles. The molecule has 0 saturated heterocycles. The van der Waals surface area contributed by atoms with E-state index in [-0.39, 0.29) is 11.9 Å². The Morgan fingerprint density at radius 2 is 1.52 bits per heavy atom. The summed E-state index contributed by atoms with van der Waals surface area (Å²) in [4.78, 5) is 23.1. The van der Waals surface area contributed by atoms with E-state index in [4.69, 9.17) is 4.74 Å². The highest BCUT2D eigenvalue weighted by Crippen LogP contribution is 2.27. The van der Waals surface area contributed by atoms with E-state index in [0.717, 1.165) is 11.1 Å². The maximum atomic E-state index is 12.1. The molecule has 4 nitrogen and oxygen atoms in total. The van der Waals surface area contributed by atoms with Crippen LogP contribution in [-0.2, 0) is 14.3 Å². The van der Waals surface area contributed by atoms with Gasteiger partial charge in [0, 0.05) is 12.6 Å². The molecule has 0 aliphatic heterocycles. The topological polar surface area (TPSA) is 55.4 Å². The molecular weight excluding hydrogens is 266 g/mol. The number of hydrogen-bond acceptors (Lipinski definition) is 3. The maximum Gasteiger partial charge on any atom is 0.317 e. The Bertz CT molecular complexity index is 620. The zero-order valence-electron chi connectivity index (χ0n) is 12.0. The summed E-state index contributed by atoms with van der Waals surface area (Å²) in [5, 5.41) is 2.70. The van der Waals surface area contributed by atoms with Crippen LogP contribution in [0.3, 0.4) is 0 Å². The Morgan fingerprint density at radius 1 is 0.952 bits per heavy atom. The largest absolute Gasteiger partial charge is 0.468 e. The van der Waals surface area contributed by atoms with Crippen molar-refractivity contribution in [2.24, 2.45) is 0 Å². The minimum absolute atomic E-state index is 0.129. The highest BCUT2D eigenvalue weighted by atomic mass is 16.5. The zero-order valence-corrected chi connectivity index (χ0v) is 12.0. The minimum atomic E-state index is -0.470. The number of rotatable bonds is 4. The molecule has 0 radical (unpaired) electrons. The van der Waals surface area contributed by atoms with E-state index in [9.17, 15) is 9.59 Å². The fraction of sp³-hybridized carbons (Fsp3) is 0.176.